The van der Waals surface area contributed by atoms with Crippen LogP contribution in [0.3, 0.4) is 0 Å². The van der Waals surface area contributed by atoms with E-state index in [1.54, 1.807) is 0 Å². The molecule has 0 saturated heterocycles. The second-order valence-electron chi connectivity index (χ2n) is 4.27. The highest BCUT2D eigenvalue weighted by Crippen LogP contribution is 2.04. The van der Waals surface area contributed by atoms with Gasteiger partial charge in [-0.3, -0.25) is 4.98 Å². The highest BCUT2D eigenvalue weighted by molar-refractivity contribution is 5.09. The zero-order chi connectivity index (χ0) is 10.4. The van der Waals surface area contributed by atoms with Gasteiger partial charge in [0.15, 0.2) is 0 Å². The lowest BCUT2D eigenvalue weighted by molar-refractivity contribution is 0.441. The topological polar surface area (TPSA) is 24.9 Å². The molecule has 1 N–H and O–H groups in total. The lowest BCUT2D eigenvalue weighted by atomic mass is 10.1. The van der Waals surface area contributed by atoms with Crippen LogP contribution in [0.4, 0.5) is 0 Å². The van der Waals surface area contributed by atoms with Crippen molar-refractivity contribution in [3.8, 4) is 0 Å². The maximum Gasteiger partial charge on any atom is 0.0271 e. The molecule has 0 aliphatic carbocycles. The molecule has 78 valence electrons. The second-order valence-corrected chi connectivity index (χ2v) is 4.27. The van der Waals surface area contributed by atoms with Crippen LogP contribution in [0.5, 0.6) is 0 Å². The molecule has 1 rings (SSSR count). The van der Waals surface area contributed by atoms with Crippen LogP contribution in [-0.2, 0) is 6.54 Å². The van der Waals surface area contributed by atoms with E-state index < -0.39 is 0 Å². The summed E-state index contributed by atoms with van der Waals surface area (Å²) < 4.78 is 0. The van der Waals surface area contributed by atoms with E-state index in [0.717, 1.165) is 12.5 Å². The number of aromatic nitrogens is 1. The van der Waals surface area contributed by atoms with Crippen LogP contribution in [0.15, 0.2) is 24.5 Å². The summed E-state index contributed by atoms with van der Waals surface area (Å²) >= 11 is 0. The number of nitrogens with one attached hydrogen (secondary N) is 1. The fourth-order valence-corrected chi connectivity index (χ4v) is 1.58. The van der Waals surface area contributed by atoms with Gasteiger partial charge in [-0.25, -0.2) is 0 Å². The molecule has 0 fully saturated rings. The first kappa shape index (κ1) is 11.2. The van der Waals surface area contributed by atoms with Crippen LogP contribution >= 0.6 is 0 Å². The van der Waals surface area contributed by atoms with Gasteiger partial charge < -0.3 is 5.32 Å². The van der Waals surface area contributed by atoms with Gasteiger partial charge in [0.2, 0.25) is 0 Å². The van der Waals surface area contributed by atoms with Crippen molar-refractivity contribution < 1.29 is 0 Å². The largest absolute Gasteiger partial charge is 0.310 e. The van der Waals surface area contributed by atoms with Crippen molar-refractivity contribution in [1.29, 1.82) is 0 Å². The van der Waals surface area contributed by atoms with Crippen molar-refractivity contribution in [3.63, 3.8) is 0 Å². The Kier molecular flexibility index (Phi) is 4.60. The minimum absolute atomic E-state index is 0.586. The van der Waals surface area contributed by atoms with Gasteiger partial charge in [0.1, 0.15) is 0 Å². The molecule has 1 unspecified atom stereocenters. The molecule has 0 aliphatic heterocycles. The van der Waals surface area contributed by atoms with Gasteiger partial charge in [-0.15, -0.1) is 0 Å². The number of hydrogen-bond donors (Lipinski definition) is 1. The molecule has 1 atom stereocenters. The molecule has 2 nitrogen and oxygen atoms in total. The molecule has 0 amide bonds. The average Bonchev–Trinajstić information content (AvgIpc) is 2.15. The number of hydrogen-bond acceptors (Lipinski definition) is 2. The van der Waals surface area contributed by atoms with E-state index >= 15 is 0 Å². The zero-order valence-electron chi connectivity index (χ0n) is 9.33. The van der Waals surface area contributed by atoms with Crippen LogP contribution in [-0.4, -0.2) is 11.0 Å². The van der Waals surface area contributed by atoms with Gasteiger partial charge in [-0.2, -0.15) is 0 Å². The Hall–Kier alpha value is -0.890. The Morgan fingerprint density at radius 2 is 1.86 bits per heavy atom. The highest BCUT2D eigenvalue weighted by atomic mass is 14.9. The van der Waals surface area contributed by atoms with E-state index in [1.807, 2.05) is 12.4 Å². The summed E-state index contributed by atoms with van der Waals surface area (Å²) in [6, 6.07) is 4.69. The first-order valence-electron chi connectivity index (χ1n) is 5.30. The van der Waals surface area contributed by atoms with Crippen LogP contribution in [0.1, 0.15) is 32.8 Å². The zero-order valence-corrected chi connectivity index (χ0v) is 9.33. The first-order valence-corrected chi connectivity index (χ1v) is 5.30. The molecule has 0 aliphatic rings. The summed E-state index contributed by atoms with van der Waals surface area (Å²) in [6.07, 6.45) is 4.90. The number of nitrogens with zero attached hydrogens (tertiary/aromatic N) is 1. The minimum Gasteiger partial charge on any atom is -0.310 e. The summed E-state index contributed by atoms with van der Waals surface area (Å²) in [5.41, 5.74) is 1.30. The smallest absolute Gasteiger partial charge is 0.0271 e. The van der Waals surface area contributed by atoms with Gasteiger partial charge >= 0.3 is 0 Å². The van der Waals surface area contributed by atoms with E-state index in [2.05, 4.69) is 43.2 Å². The summed E-state index contributed by atoms with van der Waals surface area (Å²) in [5.74, 6) is 0.759. The molecule has 2 heteroatoms. The molecule has 0 saturated carbocycles. The minimum atomic E-state index is 0.586. The lowest BCUT2D eigenvalue weighted by Gasteiger charge is -2.15. The fourth-order valence-electron chi connectivity index (χ4n) is 1.58. The van der Waals surface area contributed by atoms with E-state index in [-0.39, 0.29) is 0 Å². The molecular weight excluding hydrogens is 172 g/mol. The van der Waals surface area contributed by atoms with Gasteiger partial charge in [-0.1, -0.05) is 13.8 Å². The van der Waals surface area contributed by atoms with E-state index in [1.165, 1.54) is 12.0 Å². The molecular formula is C12H20N2. The summed E-state index contributed by atoms with van der Waals surface area (Å²) in [7, 11) is 0. The van der Waals surface area contributed by atoms with Crippen LogP contribution in [0, 0.1) is 5.92 Å². The Labute approximate surface area is 86.8 Å². The Balaban J connectivity index is 2.27. The monoisotopic (exact) mass is 192 g/mol. The molecule has 0 aromatic carbocycles. The summed E-state index contributed by atoms with van der Waals surface area (Å²) in [5, 5.41) is 3.50. The highest BCUT2D eigenvalue weighted by Gasteiger charge is 2.03. The van der Waals surface area contributed by atoms with Crippen LogP contribution in [0.2, 0.25) is 0 Å². The first-order chi connectivity index (χ1) is 6.68. The third-order valence-electron chi connectivity index (χ3n) is 2.23. The van der Waals surface area contributed by atoms with Crippen molar-refractivity contribution in [2.75, 3.05) is 0 Å². The summed E-state index contributed by atoms with van der Waals surface area (Å²) in [6.45, 7) is 7.69. The molecule has 14 heavy (non-hydrogen) atoms. The third kappa shape index (κ3) is 4.38. The molecule has 1 aromatic rings. The van der Waals surface area contributed by atoms with Gasteiger partial charge in [0, 0.05) is 25.0 Å². The molecule has 0 bridgehead atoms. The van der Waals surface area contributed by atoms with E-state index in [9.17, 15) is 0 Å². The standard InChI is InChI=1S/C12H20N2/c1-10(2)8-11(3)14-9-12-4-6-13-7-5-12/h4-7,10-11,14H,8-9H2,1-3H3. The van der Waals surface area contributed by atoms with Crippen molar-refractivity contribution in [3.05, 3.63) is 30.1 Å². The predicted octanol–water partition coefficient (Wildman–Crippen LogP) is 2.61. The number of pyridine rings is 1. The molecule has 1 aromatic heterocycles. The van der Waals surface area contributed by atoms with Gasteiger partial charge in [0.25, 0.3) is 0 Å². The van der Waals surface area contributed by atoms with E-state index in [4.69, 9.17) is 0 Å². The predicted molar refractivity (Wildman–Crippen MR) is 60.0 cm³/mol. The Morgan fingerprint density at radius 1 is 1.21 bits per heavy atom. The maximum atomic E-state index is 3.99. The Bertz CT molecular complexity index is 244. The third-order valence-corrected chi connectivity index (χ3v) is 2.23. The second kappa shape index (κ2) is 5.76. The van der Waals surface area contributed by atoms with Crippen LogP contribution in [0.25, 0.3) is 0 Å². The maximum absolute atomic E-state index is 3.99. The molecule has 0 spiro atoms. The molecule has 1 heterocycles. The van der Waals surface area contributed by atoms with Crippen molar-refractivity contribution >= 4 is 0 Å². The van der Waals surface area contributed by atoms with Gasteiger partial charge in [-0.05, 0) is 37.0 Å². The van der Waals surface area contributed by atoms with Crippen molar-refractivity contribution in [1.82, 2.24) is 10.3 Å². The molecule has 0 radical (unpaired) electrons. The number of rotatable bonds is 5. The van der Waals surface area contributed by atoms with Gasteiger partial charge in [0.05, 0.1) is 0 Å². The summed E-state index contributed by atoms with van der Waals surface area (Å²) in [4.78, 5) is 3.99. The SMILES string of the molecule is CC(C)CC(C)NCc1ccncc1. The fraction of sp³-hybridized carbons (Fsp3) is 0.583. The normalized spacial score (nSPS) is 13.1. The Morgan fingerprint density at radius 3 is 2.43 bits per heavy atom. The van der Waals surface area contributed by atoms with Crippen LogP contribution < -0.4 is 5.32 Å². The lowest BCUT2D eigenvalue weighted by Crippen LogP contribution is -2.26. The quantitative estimate of drug-likeness (QED) is 0.775. The van der Waals surface area contributed by atoms with Crippen molar-refractivity contribution in [2.24, 2.45) is 5.92 Å². The average molecular weight is 192 g/mol. The van der Waals surface area contributed by atoms with Crippen molar-refractivity contribution in [2.45, 2.75) is 39.8 Å². The van der Waals surface area contributed by atoms with E-state index in [0.29, 0.717) is 6.04 Å².